The Hall–Kier alpha value is -2.43. The number of fused-ring (bicyclic) bond motifs is 1. The van der Waals surface area contributed by atoms with Gasteiger partial charge in [-0.1, -0.05) is 0 Å². The predicted molar refractivity (Wildman–Crippen MR) is 83.2 cm³/mol. The lowest BCUT2D eigenvalue weighted by atomic mass is 10.1. The number of rotatable bonds is 6. The Bertz CT molecular complexity index is 627. The van der Waals surface area contributed by atoms with Crippen LogP contribution in [-0.4, -0.2) is 69.5 Å². The molecule has 2 heterocycles. The Kier molecular flexibility index (Phi) is 5.77. The molecule has 138 valence electrons. The molecule has 0 radical (unpaired) electrons. The molecule has 25 heavy (non-hydrogen) atoms. The predicted octanol–water partition coefficient (Wildman–Crippen LogP) is -1.10. The Morgan fingerprint density at radius 2 is 1.88 bits per heavy atom. The molecule has 0 amide bonds. The molecule has 10 heteroatoms. The topological polar surface area (TPSA) is 175 Å². The van der Waals surface area contributed by atoms with Gasteiger partial charge in [0.25, 0.3) is 0 Å². The van der Waals surface area contributed by atoms with Gasteiger partial charge in [0.2, 0.25) is 0 Å². The maximum absolute atomic E-state index is 10.8. The number of aliphatic carboxylic acids is 2. The molecule has 0 bridgehead atoms. The smallest absolute Gasteiger partial charge is 0.335 e. The first-order valence-electron chi connectivity index (χ1n) is 7.64. The van der Waals surface area contributed by atoms with Gasteiger partial charge in [0, 0.05) is 24.7 Å². The lowest BCUT2D eigenvalue weighted by molar-refractivity contribution is -0.165. The number of aliphatic hydroxyl groups is 2. The first-order valence-corrected chi connectivity index (χ1v) is 7.64. The number of aldehydes is 1. The zero-order chi connectivity index (χ0) is 18.7. The van der Waals surface area contributed by atoms with Crippen LogP contribution in [-0.2, 0) is 9.59 Å². The number of anilines is 1. The quantitative estimate of drug-likeness (QED) is 0.393. The average molecular weight is 356 g/mol. The van der Waals surface area contributed by atoms with E-state index in [1.54, 1.807) is 6.26 Å². The van der Waals surface area contributed by atoms with Crippen molar-refractivity contribution in [1.82, 2.24) is 0 Å². The van der Waals surface area contributed by atoms with E-state index in [1.165, 1.54) is 6.42 Å². The van der Waals surface area contributed by atoms with Gasteiger partial charge in [-0.05, 0) is 18.8 Å². The van der Waals surface area contributed by atoms with Gasteiger partial charge in [0.05, 0.1) is 12.0 Å². The van der Waals surface area contributed by atoms with E-state index in [2.05, 4.69) is 4.90 Å². The number of hydrogen-bond donors (Lipinski definition) is 5. The Morgan fingerprint density at radius 1 is 1.28 bits per heavy atom. The molecule has 10 nitrogen and oxygen atoms in total. The van der Waals surface area contributed by atoms with Crippen molar-refractivity contribution in [3.05, 3.63) is 18.1 Å². The summed E-state index contributed by atoms with van der Waals surface area (Å²) in [5.74, 6) is -2.32. The molecular weight excluding hydrogens is 336 g/mol. The molecule has 0 spiro atoms. The molecule has 0 aromatic carbocycles. The minimum atomic E-state index is -2.27. The Labute approximate surface area is 142 Å². The zero-order valence-corrected chi connectivity index (χ0v) is 13.2. The molecule has 1 aromatic rings. The van der Waals surface area contributed by atoms with E-state index in [0.29, 0.717) is 24.4 Å². The normalized spacial score (nSPS) is 26.0. The maximum Gasteiger partial charge on any atom is 0.335 e. The first-order chi connectivity index (χ1) is 11.8. The largest absolute Gasteiger partial charge is 0.479 e. The van der Waals surface area contributed by atoms with Gasteiger partial charge in [-0.3, -0.25) is 4.79 Å². The fraction of sp³-hybridized carbons (Fsp3) is 0.533. The molecule has 1 saturated carbocycles. The van der Waals surface area contributed by atoms with Crippen molar-refractivity contribution in [3.8, 4) is 0 Å². The second-order valence-corrected chi connectivity index (χ2v) is 5.95. The summed E-state index contributed by atoms with van der Waals surface area (Å²) < 4.78 is 5.14. The van der Waals surface area contributed by atoms with Crippen LogP contribution in [0.1, 0.15) is 23.4 Å². The van der Waals surface area contributed by atoms with Crippen LogP contribution in [0.15, 0.2) is 16.7 Å². The van der Waals surface area contributed by atoms with E-state index >= 15 is 0 Å². The molecule has 5 unspecified atom stereocenters. The lowest BCUT2D eigenvalue weighted by Crippen LogP contribution is -2.39. The number of carbonyl (C=O) groups excluding carboxylic acids is 1. The van der Waals surface area contributed by atoms with Crippen molar-refractivity contribution >= 4 is 23.9 Å². The molecule has 6 N–H and O–H groups in total. The summed E-state index contributed by atoms with van der Waals surface area (Å²) >= 11 is 0. The first kappa shape index (κ1) is 18.9. The number of piperidine rings is 1. The highest BCUT2D eigenvalue weighted by Gasteiger charge is 2.52. The summed E-state index contributed by atoms with van der Waals surface area (Å²) in [6, 6.07) is 2.84. The van der Waals surface area contributed by atoms with Crippen LogP contribution in [0.4, 0.5) is 5.69 Å². The summed E-state index contributed by atoms with van der Waals surface area (Å²) in [6.07, 6.45) is 0.209. The van der Waals surface area contributed by atoms with Crippen molar-refractivity contribution < 1.29 is 39.2 Å². The van der Waals surface area contributed by atoms with Crippen LogP contribution in [0.2, 0.25) is 0 Å². The molecule has 1 aliphatic heterocycles. The molecule has 1 saturated heterocycles. The number of aliphatic hydroxyl groups excluding tert-OH is 2. The summed E-state index contributed by atoms with van der Waals surface area (Å²) in [6.45, 7) is 0.649. The van der Waals surface area contributed by atoms with Crippen molar-refractivity contribution in [1.29, 1.82) is 0 Å². The van der Waals surface area contributed by atoms with E-state index in [9.17, 15) is 14.4 Å². The van der Waals surface area contributed by atoms with Crippen molar-refractivity contribution in [2.45, 2.75) is 37.1 Å². The van der Waals surface area contributed by atoms with Gasteiger partial charge in [-0.25, -0.2) is 9.59 Å². The number of carboxylic acids is 2. The van der Waals surface area contributed by atoms with E-state index in [1.807, 2.05) is 6.07 Å². The van der Waals surface area contributed by atoms with Crippen molar-refractivity contribution in [3.63, 3.8) is 0 Å². The monoisotopic (exact) mass is 356 g/mol. The summed E-state index contributed by atoms with van der Waals surface area (Å²) in [5.41, 5.74) is 6.67. The highest BCUT2D eigenvalue weighted by Crippen LogP contribution is 2.50. The molecule has 2 fully saturated rings. The van der Waals surface area contributed by atoms with E-state index in [4.69, 9.17) is 30.6 Å². The fourth-order valence-corrected chi connectivity index (χ4v) is 3.03. The minimum absolute atomic E-state index is 0.380. The fourth-order valence-electron chi connectivity index (χ4n) is 3.03. The number of carbonyl (C=O) groups is 3. The van der Waals surface area contributed by atoms with Crippen LogP contribution in [0.3, 0.4) is 0 Å². The highest BCUT2D eigenvalue weighted by molar-refractivity contribution is 5.83. The number of nitrogens with two attached hydrogens (primary N) is 1. The number of nitrogens with zero attached hydrogens (tertiary/aromatic N) is 1. The second-order valence-electron chi connectivity index (χ2n) is 5.95. The van der Waals surface area contributed by atoms with Crippen molar-refractivity contribution in [2.75, 3.05) is 11.4 Å². The van der Waals surface area contributed by atoms with Gasteiger partial charge in [-0.15, -0.1) is 0 Å². The van der Waals surface area contributed by atoms with Gasteiger partial charge in [0.1, 0.15) is 0 Å². The van der Waals surface area contributed by atoms with Crippen LogP contribution < -0.4 is 10.6 Å². The molecule has 1 aliphatic carbocycles. The van der Waals surface area contributed by atoms with Gasteiger partial charge >= 0.3 is 11.9 Å². The Balaban J connectivity index is 0.000000199. The average Bonchev–Trinajstić information content (AvgIpc) is 3.04. The zero-order valence-electron chi connectivity index (χ0n) is 13.2. The minimum Gasteiger partial charge on any atom is -0.479 e. The van der Waals surface area contributed by atoms with Gasteiger partial charge in [0.15, 0.2) is 24.3 Å². The van der Waals surface area contributed by atoms with E-state index < -0.39 is 24.1 Å². The van der Waals surface area contributed by atoms with Crippen LogP contribution >= 0.6 is 0 Å². The standard InChI is InChI=1S/C11H14N2O2.C4H6O6/c12-5-8-3-7-4-10(7)13(8)9-1-2-15-11(9)6-14;5-1(3(7)8)2(6)4(9)10/h1-2,6-8,10H,3-5,12H2;1-2,5-6H,(H,7,8)(H,9,10). The number of carboxylic acid groups (broad SMARTS) is 2. The van der Waals surface area contributed by atoms with E-state index in [0.717, 1.165) is 24.3 Å². The summed E-state index contributed by atoms with van der Waals surface area (Å²) in [5, 5.41) is 32.5. The number of hydrogen-bond acceptors (Lipinski definition) is 8. The second kappa shape index (κ2) is 7.64. The lowest BCUT2D eigenvalue weighted by Gasteiger charge is -2.27. The van der Waals surface area contributed by atoms with Crippen LogP contribution in [0.25, 0.3) is 0 Å². The summed E-state index contributed by atoms with van der Waals surface area (Å²) in [7, 11) is 0. The van der Waals surface area contributed by atoms with Gasteiger partial charge in [-0.2, -0.15) is 0 Å². The number of furan rings is 1. The third-order valence-electron chi connectivity index (χ3n) is 4.35. The van der Waals surface area contributed by atoms with E-state index in [-0.39, 0.29) is 0 Å². The third-order valence-corrected chi connectivity index (χ3v) is 4.35. The molecule has 5 atom stereocenters. The third kappa shape index (κ3) is 3.98. The summed E-state index contributed by atoms with van der Waals surface area (Å²) in [4.78, 5) is 32.6. The molecule has 2 aliphatic rings. The Morgan fingerprint density at radius 3 is 2.36 bits per heavy atom. The van der Waals surface area contributed by atoms with Crippen molar-refractivity contribution in [2.24, 2.45) is 11.7 Å². The highest BCUT2D eigenvalue weighted by atomic mass is 16.4. The van der Waals surface area contributed by atoms with Crippen LogP contribution in [0.5, 0.6) is 0 Å². The van der Waals surface area contributed by atoms with Crippen LogP contribution in [0, 0.1) is 5.92 Å². The SMILES string of the molecule is NCC1CC2CC2N1c1ccoc1C=O.O=C(O)C(O)C(O)C(=O)O. The molecule has 1 aromatic heterocycles. The molecule has 3 rings (SSSR count). The molecular formula is C15H20N2O8. The van der Waals surface area contributed by atoms with Gasteiger partial charge < -0.3 is 35.5 Å². The maximum atomic E-state index is 10.8.